The van der Waals surface area contributed by atoms with Crippen LogP contribution in [0, 0.1) is 6.92 Å². The number of nitrogens with zero attached hydrogens (tertiary/aromatic N) is 3. The summed E-state index contributed by atoms with van der Waals surface area (Å²) in [6.45, 7) is 4.26. The van der Waals surface area contributed by atoms with E-state index in [1.807, 2.05) is 54.7 Å². The van der Waals surface area contributed by atoms with Gasteiger partial charge in [0, 0.05) is 47.5 Å². The molecule has 8 heteroatoms. The number of hydrogen-bond acceptors (Lipinski definition) is 7. The number of hydrazone groups is 1. The lowest BCUT2D eigenvalue weighted by atomic mass is 10.2. The van der Waals surface area contributed by atoms with Crippen molar-refractivity contribution < 1.29 is 4.74 Å². The quantitative estimate of drug-likeness (QED) is 0.273. The molecule has 2 aromatic heterocycles. The van der Waals surface area contributed by atoms with Crippen LogP contribution in [0.3, 0.4) is 0 Å². The molecule has 0 aliphatic carbocycles. The molecule has 1 unspecified atom stereocenters. The maximum Gasteiger partial charge on any atom is 0.229 e. The van der Waals surface area contributed by atoms with Gasteiger partial charge in [-0.1, -0.05) is 35.9 Å². The van der Waals surface area contributed by atoms with Crippen molar-refractivity contribution >= 4 is 34.6 Å². The average molecular weight is 428 g/mol. The van der Waals surface area contributed by atoms with Crippen molar-refractivity contribution in [2.24, 2.45) is 5.10 Å². The van der Waals surface area contributed by atoms with E-state index < -0.39 is 0 Å². The van der Waals surface area contributed by atoms with Gasteiger partial charge in [-0.2, -0.15) is 10.1 Å². The summed E-state index contributed by atoms with van der Waals surface area (Å²) >= 11 is 0. The van der Waals surface area contributed by atoms with Crippen LogP contribution in [-0.4, -0.2) is 40.9 Å². The first-order valence-electron chi connectivity index (χ1n) is 10.6. The van der Waals surface area contributed by atoms with Crippen molar-refractivity contribution in [3.63, 3.8) is 0 Å². The number of morpholine rings is 1. The third kappa shape index (κ3) is 4.61. The molecule has 3 heterocycles. The summed E-state index contributed by atoms with van der Waals surface area (Å²) in [7, 11) is 0. The first kappa shape index (κ1) is 20.2. The molecule has 1 saturated heterocycles. The van der Waals surface area contributed by atoms with Crippen LogP contribution in [-0.2, 0) is 4.74 Å². The summed E-state index contributed by atoms with van der Waals surface area (Å²) in [5.74, 6) is 1.08. The van der Waals surface area contributed by atoms with E-state index in [1.54, 1.807) is 6.21 Å². The topological polar surface area (TPSA) is 99.2 Å². The molecule has 32 heavy (non-hydrogen) atoms. The fourth-order valence-electron chi connectivity index (χ4n) is 3.63. The van der Waals surface area contributed by atoms with Crippen molar-refractivity contribution in [1.29, 1.82) is 0 Å². The SMILES string of the molecule is Cc1ccc(Nc2nc(N/N=C/c3c[nH]c4ccccc34)cc(C3CNCCO3)n2)cc1. The number of anilines is 3. The van der Waals surface area contributed by atoms with Crippen LogP contribution in [0.1, 0.15) is 22.9 Å². The number of nitrogens with one attached hydrogen (secondary N) is 4. The van der Waals surface area contributed by atoms with E-state index in [4.69, 9.17) is 4.74 Å². The summed E-state index contributed by atoms with van der Waals surface area (Å²) < 4.78 is 5.90. The van der Waals surface area contributed by atoms with Crippen LogP contribution in [0.15, 0.2) is 65.9 Å². The van der Waals surface area contributed by atoms with Gasteiger partial charge in [-0.3, -0.25) is 5.43 Å². The number of aromatic amines is 1. The maximum absolute atomic E-state index is 5.90. The molecule has 4 aromatic rings. The normalized spacial score (nSPS) is 16.5. The van der Waals surface area contributed by atoms with E-state index in [0.29, 0.717) is 24.9 Å². The summed E-state index contributed by atoms with van der Waals surface area (Å²) in [6, 6.07) is 18.1. The minimum Gasteiger partial charge on any atom is -0.369 e. The Kier molecular flexibility index (Phi) is 5.78. The fraction of sp³-hybridized carbons (Fsp3) is 0.208. The number of ether oxygens (including phenoxy) is 1. The Morgan fingerprint density at radius 2 is 2.00 bits per heavy atom. The molecule has 0 radical (unpaired) electrons. The number of aryl methyl sites for hydroxylation is 1. The van der Waals surface area contributed by atoms with Gasteiger partial charge in [-0.25, -0.2) is 4.98 Å². The molecule has 0 saturated carbocycles. The largest absolute Gasteiger partial charge is 0.369 e. The second kappa shape index (κ2) is 9.17. The third-order valence-electron chi connectivity index (χ3n) is 5.32. The van der Waals surface area contributed by atoms with Gasteiger partial charge in [-0.15, -0.1) is 0 Å². The number of para-hydroxylation sites is 1. The lowest BCUT2D eigenvalue weighted by Crippen LogP contribution is -2.33. The van der Waals surface area contributed by atoms with Gasteiger partial charge in [0.15, 0.2) is 5.82 Å². The predicted octanol–water partition coefficient (Wildman–Crippen LogP) is 4.12. The highest BCUT2D eigenvalue weighted by atomic mass is 16.5. The summed E-state index contributed by atoms with van der Waals surface area (Å²) in [5.41, 5.74) is 8.04. The number of fused-ring (bicyclic) bond motifs is 1. The van der Waals surface area contributed by atoms with Crippen molar-refractivity contribution in [2.45, 2.75) is 13.0 Å². The molecule has 4 N–H and O–H groups in total. The molecule has 0 bridgehead atoms. The number of benzene rings is 2. The van der Waals surface area contributed by atoms with E-state index in [1.165, 1.54) is 5.56 Å². The Bertz CT molecular complexity index is 1230. The number of hydrogen-bond donors (Lipinski definition) is 4. The Morgan fingerprint density at radius 1 is 1.12 bits per heavy atom. The van der Waals surface area contributed by atoms with Gasteiger partial charge >= 0.3 is 0 Å². The second-order valence-corrected chi connectivity index (χ2v) is 7.72. The molecule has 1 aliphatic heterocycles. The van der Waals surface area contributed by atoms with E-state index in [-0.39, 0.29) is 6.10 Å². The molecular formula is C24H25N7O. The minimum atomic E-state index is -0.136. The first-order chi connectivity index (χ1) is 15.7. The zero-order valence-electron chi connectivity index (χ0n) is 17.8. The van der Waals surface area contributed by atoms with Gasteiger partial charge in [0.2, 0.25) is 5.95 Å². The van der Waals surface area contributed by atoms with Crippen molar-refractivity contribution in [3.8, 4) is 0 Å². The molecule has 8 nitrogen and oxygen atoms in total. The Labute approximate surface area is 186 Å². The van der Waals surface area contributed by atoms with Crippen molar-refractivity contribution in [2.75, 3.05) is 30.4 Å². The number of aromatic nitrogens is 3. The highest BCUT2D eigenvalue weighted by molar-refractivity contribution is 5.99. The second-order valence-electron chi connectivity index (χ2n) is 7.72. The van der Waals surface area contributed by atoms with Gasteiger partial charge in [0.05, 0.1) is 18.5 Å². The van der Waals surface area contributed by atoms with E-state index >= 15 is 0 Å². The van der Waals surface area contributed by atoms with Gasteiger partial charge in [0.1, 0.15) is 6.10 Å². The van der Waals surface area contributed by atoms with E-state index in [0.717, 1.165) is 34.4 Å². The maximum atomic E-state index is 5.90. The smallest absolute Gasteiger partial charge is 0.229 e. The van der Waals surface area contributed by atoms with Crippen LogP contribution in [0.5, 0.6) is 0 Å². The minimum absolute atomic E-state index is 0.136. The summed E-state index contributed by atoms with van der Waals surface area (Å²) in [6.07, 6.45) is 3.59. The molecule has 0 spiro atoms. The molecule has 0 amide bonds. The predicted molar refractivity (Wildman–Crippen MR) is 128 cm³/mol. The average Bonchev–Trinajstić information content (AvgIpc) is 3.24. The Hall–Kier alpha value is -3.75. The zero-order chi connectivity index (χ0) is 21.8. The molecule has 1 fully saturated rings. The van der Waals surface area contributed by atoms with E-state index in [2.05, 4.69) is 49.1 Å². The van der Waals surface area contributed by atoms with Crippen LogP contribution >= 0.6 is 0 Å². The van der Waals surface area contributed by atoms with Gasteiger partial charge < -0.3 is 20.4 Å². The zero-order valence-corrected chi connectivity index (χ0v) is 17.8. The molecule has 2 aromatic carbocycles. The highest BCUT2D eigenvalue weighted by Gasteiger charge is 2.19. The Balaban J connectivity index is 1.40. The molecule has 1 aliphatic rings. The van der Waals surface area contributed by atoms with Crippen molar-refractivity contribution in [1.82, 2.24) is 20.3 Å². The number of rotatable bonds is 6. The highest BCUT2D eigenvalue weighted by Crippen LogP contribution is 2.23. The van der Waals surface area contributed by atoms with Gasteiger partial charge in [0.25, 0.3) is 0 Å². The van der Waals surface area contributed by atoms with Crippen LogP contribution in [0.25, 0.3) is 10.9 Å². The van der Waals surface area contributed by atoms with E-state index in [9.17, 15) is 0 Å². The van der Waals surface area contributed by atoms with Crippen LogP contribution in [0.4, 0.5) is 17.5 Å². The first-order valence-corrected chi connectivity index (χ1v) is 10.6. The van der Waals surface area contributed by atoms with Gasteiger partial charge in [-0.05, 0) is 25.1 Å². The molecule has 5 rings (SSSR count). The van der Waals surface area contributed by atoms with Crippen LogP contribution < -0.4 is 16.1 Å². The lowest BCUT2D eigenvalue weighted by Gasteiger charge is -2.23. The lowest BCUT2D eigenvalue weighted by molar-refractivity contribution is 0.0251. The fourth-order valence-corrected chi connectivity index (χ4v) is 3.63. The summed E-state index contributed by atoms with van der Waals surface area (Å²) in [5, 5.41) is 12.2. The van der Waals surface area contributed by atoms with Crippen LogP contribution in [0.2, 0.25) is 0 Å². The molecular weight excluding hydrogens is 402 g/mol. The standard InChI is InChI=1S/C24H25N7O/c1-16-6-8-18(9-7-16)28-24-29-21(22-15-25-10-11-32-22)12-23(30-24)31-27-14-17-13-26-20-5-3-2-4-19(17)20/h2-9,12-14,22,25-26H,10-11,15H2,1H3,(H2,28,29,30,31)/b27-14+. The monoisotopic (exact) mass is 427 g/mol. The number of H-pyrrole nitrogens is 1. The molecule has 1 atom stereocenters. The third-order valence-corrected chi connectivity index (χ3v) is 5.32. The summed E-state index contributed by atoms with van der Waals surface area (Å²) in [4.78, 5) is 12.5. The molecule has 162 valence electrons. The Morgan fingerprint density at radius 3 is 2.84 bits per heavy atom. The van der Waals surface area contributed by atoms with Crippen molar-refractivity contribution in [3.05, 3.63) is 77.6 Å².